The van der Waals surface area contributed by atoms with Crippen LogP contribution in [0.15, 0.2) is 39.4 Å². The van der Waals surface area contributed by atoms with Gasteiger partial charge in [0.05, 0.1) is 13.2 Å². The fourth-order valence-corrected chi connectivity index (χ4v) is 3.20. The minimum Gasteiger partial charge on any atom is -0.444 e. The molecule has 0 radical (unpaired) electrons. The van der Waals surface area contributed by atoms with Crippen molar-refractivity contribution in [2.45, 2.75) is 13.5 Å². The number of halogens is 1. The lowest BCUT2D eigenvalue weighted by Crippen LogP contribution is -2.37. The maximum Gasteiger partial charge on any atom is 0.287 e. The zero-order chi connectivity index (χ0) is 16.2. The van der Waals surface area contributed by atoms with E-state index in [-0.39, 0.29) is 5.91 Å². The van der Waals surface area contributed by atoms with E-state index in [1.54, 1.807) is 6.07 Å². The quantitative estimate of drug-likeness (QED) is 0.887. The van der Waals surface area contributed by atoms with Gasteiger partial charge in [0.1, 0.15) is 0 Å². The molecule has 2 aromatic rings. The molecule has 1 aliphatic rings. The highest BCUT2D eigenvalue weighted by molar-refractivity contribution is 9.10. The van der Waals surface area contributed by atoms with Gasteiger partial charge in [0, 0.05) is 30.9 Å². The van der Waals surface area contributed by atoms with E-state index in [0.29, 0.717) is 17.0 Å². The summed E-state index contributed by atoms with van der Waals surface area (Å²) in [5, 5.41) is 2.94. The van der Waals surface area contributed by atoms with Crippen LogP contribution in [0.4, 0.5) is 5.69 Å². The molecule has 0 unspecified atom stereocenters. The van der Waals surface area contributed by atoms with Crippen molar-refractivity contribution in [2.75, 3.05) is 31.2 Å². The highest BCUT2D eigenvalue weighted by Crippen LogP contribution is 2.22. The Bertz CT molecular complexity index is 693. The summed E-state index contributed by atoms with van der Waals surface area (Å²) in [5.74, 6) is 0.144. The molecule has 1 fully saturated rings. The fourth-order valence-electron chi connectivity index (χ4n) is 2.70. The first kappa shape index (κ1) is 16.1. The number of rotatable bonds is 4. The molecule has 0 saturated carbocycles. The summed E-state index contributed by atoms with van der Waals surface area (Å²) in [6, 6.07) is 9.91. The summed E-state index contributed by atoms with van der Waals surface area (Å²) in [7, 11) is 0. The van der Waals surface area contributed by atoms with Gasteiger partial charge in [-0.25, -0.2) is 0 Å². The maximum atomic E-state index is 12.3. The van der Waals surface area contributed by atoms with Crippen molar-refractivity contribution in [1.29, 1.82) is 0 Å². The van der Waals surface area contributed by atoms with Crippen molar-refractivity contribution in [3.63, 3.8) is 0 Å². The standard InChI is InChI=1S/C17H19BrN2O3/c1-12-10-15(18)23-16(12)17(21)19-11-13-4-2-3-5-14(13)20-6-8-22-9-7-20/h2-5,10H,6-9,11H2,1H3,(H,19,21). The van der Waals surface area contributed by atoms with Gasteiger partial charge in [-0.3, -0.25) is 4.79 Å². The minimum absolute atomic E-state index is 0.204. The number of hydrogen-bond donors (Lipinski definition) is 1. The van der Waals surface area contributed by atoms with Crippen LogP contribution >= 0.6 is 15.9 Å². The number of amides is 1. The van der Waals surface area contributed by atoms with Gasteiger partial charge in [-0.05, 0) is 40.5 Å². The minimum atomic E-state index is -0.204. The predicted molar refractivity (Wildman–Crippen MR) is 91.8 cm³/mol. The highest BCUT2D eigenvalue weighted by atomic mass is 79.9. The Hall–Kier alpha value is -1.79. The van der Waals surface area contributed by atoms with E-state index < -0.39 is 0 Å². The van der Waals surface area contributed by atoms with E-state index in [9.17, 15) is 4.79 Å². The number of carbonyl (C=O) groups excluding carboxylic acids is 1. The second-order valence-corrected chi connectivity index (χ2v) is 6.26. The van der Waals surface area contributed by atoms with E-state index in [1.165, 1.54) is 0 Å². The summed E-state index contributed by atoms with van der Waals surface area (Å²) in [5.41, 5.74) is 3.05. The van der Waals surface area contributed by atoms with E-state index in [0.717, 1.165) is 43.1 Å². The third kappa shape index (κ3) is 3.76. The molecule has 122 valence electrons. The smallest absolute Gasteiger partial charge is 0.287 e. The molecule has 0 aliphatic carbocycles. The summed E-state index contributed by atoms with van der Waals surface area (Å²) in [6.07, 6.45) is 0. The van der Waals surface area contributed by atoms with Gasteiger partial charge in [-0.15, -0.1) is 0 Å². The normalized spacial score (nSPS) is 14.8. The maximum absolute atomic E-state index is 12.3. The number of nitrogens with zero attached hydrogens (tertiary/aromatic N) is 1. The molecule has 6 heteroatoms. The lowest BCUT2D eigenvalue weighted by atomic mass is 10.1. The van der Waals surface area contributed by atoms with Crippen LogP contribution in [0.2, 0.25) is 0 Å². The Labute approximate surface area is 143 Å². The predicted octanol–water partition coefficient (Wildman–Crippen LogP) is 3.12. The number of ether oxygens (including phenoxy) is 1. The number of aryl methyl sites for hydroxylation is 1. The molecule has 1 aliphatic heterocycles. The molecule has 3 rings (SSSR count). The van der Waals surface area contributed by atoms with Gasteiger partial charge in [-0.2, -0.15) is 0 Å². The number of para-hydroxylation sites is 1. The Morgan fingerprint density at radius 2 is 2.04 bits per heavy atom. The van der Waals surface area contributed by atoms with Gasteiger partial charge < -0.3 is 19.4 Å². The van der Waals surface area contributed by atoms with Gasteiger partial charge in [0.25, 0.3) is 5.91 Å². The van der Waals surface area contributed by atoms with Crippen molar-refractivity contribution in [3.05, 3.63) is 51.9 Å². The van der Waals surface area contributed by atoms with Crippen molar-refractivity contribution in [2.24, 2.45) is 0 Å². The van der Waals surface area contributed by atoms with Crippen molar-refractivity contribution < 1.29 is 13.9 Å². The third-order valence-electron chi connectivity index (χ3n) is 3.88. The molecule has 1 amide bonds. The molecular formula is C17H19BrN2O3. The lowest BCUT2D eigenvalue weighted by molar-refractivity contribution is 0.0921. The van der Waals surface area contributed by atoms with Crippen LogP contribution < -0.4 is 10.2 Å². The number of nitrogens with one attached hydrogen (secondary N) is 1. The molecule has 23 heavy (non-hydrogen) atoms. The topological polar surface area (TPSA) is 54.7 Å². The molecule has 0 bridgehead atoms. The van der Waals surface area contributed by atoms with Crippen LogP contribution in [0.3, 0.4) is 0 Å². The fraction of sp³-hybridized carbons (Fsp3) is 0.353. The van der Waals surface area contributed by atoms with Gasteiger partial charge >= 0.3 is 0 Å². The van der Waals surface area contributed by atoms with E-state index in [2.05, 4.69) is 32.2 Å². The number of carbonyl (C=O) groups is 1. The highest BCUT2D eigenvalue weighted by Gasteiger charge is 2.17. The SMILES string of the molecule is Cc1cc(Br)oc1C(=O)NCc1ccccc1N1CCOCC1. The molecule has 2 heterocycles. The number of anilines is 1. The first-order valence-corrected chi connectivity index (χ1v) is 8.39. The van der Waals surface area contributed by atoms with Crippen LogP contribution in [0.5, 0.6) is 0 Å². The third-order valence-corrected chi connectivity index (χ3v) is 4.27. The van der Waals surface area contributed by atoms with Crippen molar-refractivity contribution in [3.8, 4) is 0 Å². The van der Waals surface area contributed by atoms with E-state index in [1.807, 2.05) is 25.1 Å². The van der Waals surface area contributed by atoms with Gasteiger partial charge in [-0.1, -0.05) is 18.2 Å². The Morgan fingerprint density at radius 1 is 1.30 bits per heavy atom. The average Bonchev–Trinajstić information content (AvgIpc) is 2.92. The molecule has 1 aromatic carbocycles. The summed E-state index contributed by atoms with van der Waals surface area (Å²) >= 11 is 3.25. The molecule has 1 saturated heterocycles. The molecule has 0 atom stereocenters. The number of morpholine rings is 1. The molecule has 5 nitrogen and oxygen atoms in total. The first-order valence-electron chi connectivity index (χ1n) is 7.60. The van der Waals surface area contributed by atoms with Crippen LogP contribution in [-0.4, -0.2) is 32.2 Å². The summed E-state index contributed by atoms with van der Waals surface area (Å²) in [4.78, 5) is 14.6. The van der Waals surface area contributed by atoms with E-state index >= 15 is 0 Å². The second-order valence-electron chi connectivity index (χ2n) is 5.47. The molecule has 1 aromatic heterocycles. The molecule has 1 N–H and O–H groups in total. The number of benzene rings is 1. The number of furan rings is 1. The average molecular weight is 379 g/mol. The van der Waals surface area contributed by atoms with Crippen LogP contribution in [-0.2, 0) is 11.3 Å². The number of hydrogen-bond acceptors (Lipinski definition) is 4. The second kappa shape index (κ2) is 7.19. The Kier molecular flexibility index (Phi) is 5.03. The zero-order valence-electron chi connectivity index (χ0n) is 13.0. The van der Waals surface area contributed by atoms with Crippen LogP contribution in [0.1, 0.15) is 21.7 Å². The zero-order valence-corrected chi connectivity index (χ0v) is 14.6. The lowest BCUT2D eigenvalue weighted by Gasteiger charge is -2.30. The Morgan fingerprint density at radius 3 is 2.74 bits per heavy atom. The van der Waals surface area contributed by atoms with Gasteiger partial charge in [0.15, 0.2) is 10.4 Å². The molecular weight excluding hydrogens is 360 g/mol. The van der Waals surface area contributed by atoms with Crippen LogP contribution in [0, 0.1) is 6.92 Å². The first-order chi connectivity index (χ1) is 11.1. The summed E-state index contributed by atoms with van der Waals surface area (Å²) < 4.78 is 11.4. The van der Waals surface area contributed by atoms with E-state index in [4.69, 9.17) is 9.15 Å². The van der Waals surface area contributed by atoms with Crippen molar-refractivity contribution >= 4 is 27.5 Å². The van der Waals surface area contributed by atoms with Gasteiger partial charge in [0.2, 0.25) is 0 Å². The monoisotopic (exact) mass is 378 g/mol. The molecule has 0 spiro atoms. The summed E-state index contributed by atoms with van der Waals surface area (Å²) in [6.45, 7) is 5.53. The Balaban J connectivity index is 1.70. The van der Waals surface area contributed by atoms with Crippen LogP contribution in [0.25, 0.3) is 0 Å². The largest absolute Gasteiger partial charge is 0.444 e. The van der Waals surface area contributed by atoms with Crippen molar-refractivity contribution in [1.82, 2.24) is 5.32 Å².